The number of hydrogen-bond donors (Lipinski definition) is 2. The molecule has 2 heterocycles. The van der Waals surface area contributed by atoms with Crippen LogP contribution in [-0.4, -0.2) is 36.1 Å². The van der Waals surface area contributed by atoms with E-state index in [-0.39, 0.29) is 0 Å². The summed E-state index contributed by atoms with van der Waals surface area (Å²) in [7, 11) is 0. The number of nitrogens with zero attached hydrogens (tertiary/aromatic N) is 1. The molecule has 1 fully saturated rings. The minimum Gasteiger partial charge on any atom is -0.361 e. The van der Waals surface area contributed by atoms with Gasteiger partial charge in [0, 0.05) is 44.1 Å². The molecule has 2 N–H and O–H groups in total. The number of nitrogens with one attached hydrogen (secondary N) is 2. The van der Waals surface area contributed by atoms with Gasteiger partial charge in [-0.3, -0.25) is 4.90 Å². The molecule has 2 rings (SSSR count). The largest absolute Gasteiger partial charge is 0.361 e. The second-order valence-electron chi connectivity index (χ2n) is 4.14. The molecular weight excluding hydrogens is 174 g/mol. The van der Waals surface area contributed by atoms with E-state index in [2.05, 4.69) is 35.1 Å². The molecule has 0 aliphatic carbocycles. The van der Waals surface area contributed by atoms with E-state index in [4.69, 9.17) is 0 Å². The third kappa shape index (κ3) is 2.16. The molecule has 0 bridgehead atoms. The zero-order valence-corrected chi connectivity index (χ0v) is 9.06. The summed E-state index contributed by atoms with van der Waals surface area (Å²) in [5.74, 6) is 0. The minimum absolute atomic E-state index is 1.07. The molecule has 0 spiro atoms. The Kier molecular flexibility index (Phi) is 2.89. The van der Waals surface area contributed by atoms with Gasteiger partial charge >= 0.3 is 0 Å². The van der Waals surface area contributed by atoms with Crippen molar-refractivity contribution in [3.63, 3.8) is 0 Å². The average molecular weight is 193 g/mol. The highest BCUT2D eigenvalue weighted by Gasteiger charge is 2.11. The third-order valence-corrected chi connectivity index (χ3v) is 2.85. The lowest BCUT2D eigenvalue weighted by molar-refractivity contribution is 0.230. The van der Waals surface area contributed by atoms with Crippen LogP contribution in [0.3, 0.4) is 0 Å². The predicted molar refractivity (Wildman–Crippen MR) is 58.4 cm³/mol. The number of aromatic nitrogens is 1. The van der Waals surface area contributed by atoms with Gasteiger partial charge in [0.25, 0.3) is 0 Å². The summed E-state index contributed by atoms with van der Waals surface area (Å²) in [6.07, 6.45) is 0. The monoisotopic (exact) mass is 193 g/mol. The van der Waals surface area contributed by atoms with Crippen LogP contribution in [0.1, 0.15) is 17.0 Å². The number of piperazine rings is 1. The fourth-order valence-electron chi connectivity index (χ4n) is 2.04. The molecule has 0 unspecified atom stereocenters. The zero-order chi connectivity index (χ0) is 9.97. The van der Waals surface area contributed by atoms with Crippen molar-refractivity contribution < 1.29 is 0 Å². The van der Waals surface area contributed by atoms with Crippen LogP contribution >= 0.6 is 0 Å². The van der Waals surface area contributed by atoms with Gasteiger partial charge in [0.2, 0.25) is 0 Å². The van der Waals surface area contributed by atoms with Crippen molar-refractivity contribution in [3.8, 4) is 0 Å². The van der Waals surface area contributed by atoms with Crippen LogP contribution in [0.4, 0.5) is 0 Å². The summed E-state index contributed by atoms with van der Waals surface area (Å²) in [5, 5.41) is 3.37. The first-order valence-corrected chi connectivity index (χ1v) is 5.34. The Balaban J connectivity index is 1.98. The van der Waals surface area contributed by atoms with Crippen LogP contribution < -0.4 is 5.32 Å². The lowest BCUT2D eigenvalue weighted by Crippen LogP contribution is -2.43. The van der Waals surface area contributed by atoms with Crippen molar-refractivity contribution in [2.45, 2.75) is 20.4 Å². The number of rotatable bonds is 2. The van der Waals surface area contributed by atoms with E-state index >= 15 is 0 Å². The molecule has 3 nitrogen and oxygen atoms in total. The van der Waals surface area contributed by atoms with Crippen molar-refractivity contribution >= 4 is 0 Å². The van der Waals surface area contributed by atoms with Gasteiger partial charge in [-0.05, 0) is 25.5 Å². The molecule has 1 saturated heterocycles. The fraction of sp³-hybridized carbons (Fsp3) is 0.636. The maximum absolute atomic E-state index is 3.43. The summed E-state index contributed by atoms with van der Waals surface area (Å²) < 4.78 is 0. The molecule has 1 aliphatic heterocycles. The van der Waals surface area contributed by atoms with E-state index in [1.54, 1.807) is 0 Å². The van der Waals surface area contributed by atoms with E-state index in [1.807, 2.05) is 0 Å². The summed E-state index contributed by atoms with van der Waals surface area (Å²) in [6.45, 7) is 9.95. The lowest BCUT2D eigenvalue weighted by Gasteiger charge is -2.26. The van der Waals surface area contributed by atoms with Gasteiger partial charge in [-0.1, -0.05) is 0 Å². The fourth-order valence-corrected chi connectivity index (χ4v) is 2.04. The Labute approximate surface area is 85.5 Å². The molecule has 3 heteroatoms. The molecule has 78 valence electrons. The van der Waals surface area contributed by atoms with Crippen LogP contribution in [0.15, 0.2) is 6.07 Å². The highest BCUT2D eigenvalue weighted by atomic mass is 15.2. The lowest BCUT2D eigenvalue weighted by atomic mass is 10.2. The van der Waals surface area contributed by atoms with Crippen molar-refractivity contribution in [1.29, 1.82) is 0 Å². The number of aryl methyl sites for hydroxylation is 2. The van der Waals surface area contributed by atoms with Crippen molar-refractivity contribution in [3.05, 3.63) is 23.0 Å². The standard InChI is InChI=1S/C11H19N3/c1-9-7-10(2)13-11(9)8-14-5-3-12-4-6-14/h7,12-13H,3-6,8H2,1-2H3. The van der Waals surface area contributed by atoms with Crippen LogP contribution in [0.5, 0.6) is 0 Å². The molecule has 0 atom stereocenters. The maximum Gasteiger partial charge on any atom is 0.0388 e. The maximum atomic E-state index is 3.43. The van der Waals surface area contributed by atoms with Gasteiger partial charge in [0.15, 0.2) is 0 Å². The molecule has 0 aromatic carbocycles. The molecule has 0 radical (unpaired) electrons. The number of H-pyrrole nitrogens is 1. The van der Waals surface area contributed by atoms with E-state index in [9.17, 15) is 0 Å². The SMILES string of the molecule is Cc1cc(C)c(CN2CCNCC2)[nH]1. The van der Waals surface area contributed by atoms with Crippen LogP contribution in [-0.2, 0) is 6.54 Å². The molecule has 1 aliphatic rings. The smallest absolute Gasteiger partial charge is 0.0388 e. The van der Waals surface area contributed by atoms with Gasteiger partial charge < -0.3 is 10.3 Å². The van der Waals surface area contributed by atoms with E-state index in [0.29, 0.717) is 0 Å². The zero-order valence-electron chi connectivity index (χ0n) is 9.06. The van der Waals surface area contributed by atoms with Crippen LogP contribution in [0.25, 0.3) is 0 Å². The first kappa shape index (κ1) is 9.74. The van der Waals surface area contributed by atoms with E-state index < -0.39 is 0 Å². The first-order valence-electron chi connectivity index (χ1n) is 5.34. The molecular formula is C11H19N3. The molecule has 0 amide bonds. The van der Waals surface area contributed by atoms with E-state index in [0.717, 1.165) is 32.7 Å². The Hall–Kier alpha value is -0.800. The van der Waals surface area contributed by atoms with E-state index in [1.165, 1.54) is 17.0 Å². The predicted octanol–water partition coefficient (Wildman–Crippen LogP) is 1.04. The minimum atomic E-state index is 1.07. The summed E-state index contributed by atoms with van der Waals surface area (Å²) in [4.78, 5) is 5.92. The molecule has 0 saturated carbocycles. The molecule has 1 aromatic heterocycles. The second-order valence-corrected chi connectivity index (χ2v) is 4.14. The Bertz CT molecular complexity index is 297. The number of aromatic amines is 1. The number of hydrogen-bond acceptors (Lipinski definition) is 2. The van der Waals surface area contributed by atoms with Gasteiger partial charge in [-0.15, -0.1) is 0 Å². The van der Waals surface area contributed by atoms with Crippen molar-refractivity contribution in [2.75, 3.05) is 26.2 Å². The first-order chi connectivity index (χ1) is 6.75. The third-order valence-electron chi connectivity index (χ3n) is 2.85. The second kappa shape index (κ2) is 4.15. The van der Waals surface area contributed by atoms with Gasteiger partial charge in [-0.2, -0.15) is 0 Å². The quantitative estimate of drug-likeness (QED) is 0.735. The normalized spacial score (nSPS) is 18.7. The summed E-state index contributed by atoms with van der Waals surface area (Å²) in [5.41, 5.74) is 4.04. The average Bonchev–Trinajstić information content (AvgIpc) is 2.47. The van der Waals surface area contributed by atoms with Crippen LogP contribution in [0.2, 0.25) is 0 Å². The van der Waals surface area contributed by atoms with Crippen molar-refractivity contribution in [1.82, 2.24) is 15.2 Å². The Morgan fingerprint density at radius 3 is 2.57 bits per heavy atom. The van der Waals surface area contributed by atoms with Gasteiger partial charge in [0.05, 0.1) is 0 Å². The molecule has 14 heavy (non-hydrogen) atoms. The molecule has 1 aromatic rings. The highest BCUT2D eigenvalue weighted by Crippen LogP contribution is 2.11. The van der Waals surface area contributed by atoms with Crippen molar-refractivity contribution in [2.24, 2.45) is 0 Å². The Morgan fingerprint density at radius 2 is 2.00 bits per heavy atom. The highest BCUT2D eigenvalue weighted by molar-refractivity contribution is 5.23. The Morgan fingerprint density at radius 1 is 1.29 bits per heavy atom. The summed E-state index contributed by atoms with van der Waals surface area (Å²) in [6, 6.07) is 2.22. The topological polar surface area (TPSA) is 31.1 Å². The van der Waals surface area contributed by atoms with Gasteiger partial charge in [0.1, 0.15) is 0 Å². The van der Waals surface area contributed by atoms with Crippen LogP contribution in [0, 0.1) is 13.8 Å². The van der Waals surface area contributed by atoms with Gasteiger partial charge in [-0.25, -0.2) is 0 Å². The summed E-state index contributed by atoms with van der Waals surface area (Å²) >= 11 is 0.